The van der Waals surface area contributed by atoms with Crippen LogP contribution < -0.4 is 0 Å². The molecule has 1 fully saturated rings. The summed E-state index contributed by atoms with van der Waals surface area (Å²) in [5.41, 5.74) is 2.16. The van der Waals surface area contributed by atoms with E-state index in [1.54, 1.807) is 0 Å². The van der Waals surface area contributed by atoms with Crippen molar-refractivity contribution < 1.29 is 4.79 Å². The number of amides is 1. The molecule has 1 amide bonds. The van der Waals surface area contributed by atoms with Gasteiger partial charge in [-0.3, -0.25) is 4.79 Å². The maximum atomic E-state index is 11.4. The van der Waals surface area contributed by atoms with E-state index >= 15 is 0 Å². The molecule has 0 radical (unpaired) electrons. The van der Waals surface area contributed by atoms with Crippen LogP contribution in [0.15, 0.2) is 11.1 Å². The first-order chi connectivity index (χ1) is 5.29. The minimum absolute atomic E-state index is 0.105. The molecule has 0 bridgehead atoms. The van der Waals surface area contributed by atoms with Gasteiger partial charge in [0.05, 0.1) is 0 Å². The lowest BCUT2D eigenvalue weighted by atomic mass is 10.1. The molecule has 0 spiro atoms. The Morgan fingerprint density at radius 2 is 2.45 bits per heavy atom. The van der Waals surface area contributed by atoms with Gasteiger partial charge in [0, 0.05) is 24.2 Å². The molecule has 1 rings (SSSR count). The van der Waals surface area contributed by atoms with E-state index in [9.17, 15) is 4.79 Å². The van der Waals surface area contributed by atoms with Gasteiger partial charge in [0.15, 0.2) is 0 Å². The van der Waals surface area contributed by atoms with Crippen LogP contribution in [-0.2, 0) is 4.79 Å². The van der Waals surface area contributed by atoms with Gasteiger partial charge in [-0.25, -0.2) is 0 Å². The maximum Gasteiger partial charge on any atom is 0.250 e. The number of hydrogen-bond acceptors (Lipinski definition) is 1. The predicted octanol–water partition coefficient (Wildman–Crippen LogP) is 1.75. The van der Waals surface area contributed by atoms with Crippen molar-refractivity contribution in [3.8, 4) is 0 Å². The average molecular weight is 174 g/mol. The summed E-state index contributed by atoms with van der Waals surface area (Å²) in [5, 5.41) is 0. The highest BCUT2D eigenvalue weighted by molar-refractivity contribution is 6.27. The average Bonchev–Trinajstić information content (AvgIpc) is 2.05. The Balaban J connectivity index is 2.67. The molecule has 62 valence electrons. The summed E-state index contributed by atoms with van der Waals surface area (Å²) >= 11 is 5.49. The largest absolute Gasteiger partial charge is 0.339 e. The van der Waals surface area contributed by atoms with Crippen molar-refractivity contribution in [1.29, 1.82) is 0 Å². The molecule has 1 aliphatic rings. The van der Waals surface area contributed by atoms with Crippen LogP contribution in [0, 0.1) is 0 Å². The molecule has 0 saturated carbocycles. The van der Waals surface area contributed by atoms with Gasteiger partial charge in [-0.15, -0.1) is 0 Å². The van der Waals surface area contributed by atoms with Crippen LogP contribution in [0.2, 0.25) is 0 Å². The Labute approximate surface area is 71.8 Å². The molecule has 1 heterocycles. The van der Waals surface area contributed by atoms with Crippen molar-refractivity contribution in [3.05, 3.63) is 11.1 Å². The molecular formula is C8H12ClNO. The van der Waals surface area contributed by atoms with Crippen molar-refractivity contribution in [3.63, 3.8) is 0 Å². The molecule has 0 aromatic rings. The van der Waals surface area contributed by atoms with Crippen LogP contribution in [-0.4, -0.2) is 23.9 Å². The molecule has 3 heteroatoms. The summed E-state index contributed by atoms with van der Waals surface area (Å²) in [7, 11) is 0. The zero-order valence-electron chi connectivity index (χ0n) is 6.64. The third kappa shape index (κ3) is 1.74. The number of piperidine rings is 1. The minimum Gasteiger partial charge on any atom is -0.339 e. The summed E-state index contributed by atoms with van der Waals surface area (Å²) in [6.07, 6.45) is 1.87. The van der Waals surface area contributed by atoms with Gasteiger partial charge in [0.1, 0.15) is 0 Å². The first kappa shape index (κ1) is 8.60. The van der Waals surface area contributed by atoms with Crippen LogP contribution >= 0.6 is 11.6 Å². The highest BCUT2D eigenvalue weighted by Gasteiger charge is 2.20. The molecule has 0 unspecified atom stereocenters. The van der Waals surface area contributed by atoms with Crippen LogP contribution in [0.3, 0.4) is 0 Å². The monoisotopic (exact) mass is 173 g/mol. The summed E-state index contributed by atoms with van der Waals surface area (Å²) in [6, 6.07) is 0. The standard InChI is InChI=1S/C8H12ClNO/c1-2-10-5-3-4-7(6-9)8(10)11/h6H,2-5H2,1H3. The third-order valence-corrected chi connectivity index (χ3v) is 2.21. The number of halogens is 1. The molecule has 0 atom stereocenters. The first-order valence-corrected chi connectivity index (χ1v) is 4.31. The number of carbonyl (C=O) groups is 1. The number of likely N-dealkylation sites (tertiary alicyclic amines) is 1. The van der Waals surface area contributed by atoms with Gasteiger partial charge in [-0.2, -0.15) is 0 Å². The van der Waals surface area contributed by atoms with Crippen LogP contribution in [0.25, 0.3) is 0 Å². The fraction of sp³-hybridized carbons (Fsp3) is 0.625. The molecule has 11 heavy (non-hydrogen) atoms. The van der Waals surface area contributed by atoms with Crippen LogP contribution in [0.1, 0.15) is 19.8 Å². The van der Waals surface area contributed by atoms with E-state index in [0.29, 0.717) is 0 Å². The molecule has 0 N–H and O–H groups in total. The van der Waals surface area contributed by atoms with E-state index in [2.05, 4.69) is 0 Å². The summed E-state index contributed by atoms with van der Waals surface area (Å²) < 4.78 is 0. The Morgan fingerprint density at radius 1 is 1.73 bits per heavy atom. The lowest BCUT2D eigenvalue weighted by Crippen LogP contribution is -2.36. The highest BCUT2D eigenvalue weighted by Crippen LogP contribution is 2.17. The normalized spacial score (nSPS) is 22.9. The number of carbonyl (C=O) groups excluding carboxylic acids is 1. The van der Waals surface area contributed by atoms with E-state index in [1.165, 1.54) is 5.54 Å². The zero-order valence-corrected chi connectivity index (χ0v) is 7.40. The topological polar surface area (TPSA) is 20.3 Å². The minimum atomic E-state index is 0.105. The second-order valence-corrected chi connectivity index (χ2v) is 2.84. The molecule has 1 aliphatic heterocycles. The Morgan fingerprint density at radius 3 is 3.00 bits per heavy atom. The molecule has 0 aromatic carbocycles. The number of likely N-dealkylation sites (N-methyl/N-ethyl adjacent to an activating group) is 1. The smallest absolute Gasteiger partial charge is 0.250 e. The number of hydrogen-bond donors (Lipinski definition) is 0. The van der Waals surface area contributed by atoms with Crippen LogP contribution in [0.5, 0.6) is 0 Å². The molecule has 1 saturated heterocycles. The van der Waals surface area contributed by atoms with Gasteiger partial charge in [-0.05, 0) is 19.8 Å². The van der Waals surface area contributed by atoms with E-state index < -0.39 is 0 Å². The van der Waals surface area contributed by atoms with Crippen molar-refractivity contribution in [2.24, 2.45) is 0 Å². The number of nitrogens with zero attached hydrogens (tertiary/aromatic N) is 1. The Kier molecular flexibility index (Phi) is 2.94. The van der Waals surface area contributed by atoms with Gasteiger partial charge in [-0.1, -0.05) is 11.6 Å². The second-order valence-electron chi connectivity index (χ2n) is 2.62. The van der Waals surface area contributed by atoms with Gasteiger partial charge >= 0.3 is 0 Å². The maximum absolute atomic E-state index is 11.4. The van der Waals surface area contributed by atoms with E-state index in [1.807, 2.05) is 11.8 Å². The second kappa shape index (κ2) is 3.77. The summed E-state index contributed by atoms with van der Waals surface area (Å²) in [5.74, 6) is 0.105. The Hall–Kier alpha value is -0.500. The van der Waals surface area contributed by atoms with E-state index in [-0.39, 0.29) is 5.91 Å². The van der Waals surface area contributed by atoms with Gasteiger partial charge in [0.25, 0.3) is 5.91 Å². The Bertz CT molecular complexity index is 189. The summed E-state index contributed by atoms with van der Waals surface area (Å²) in [6.45, 7) is 3.64. The molecule has 0 aliphatic carbocycles. The van der Waals surface area contributed by atoms with Crippen molar-refractivity contribution in [2.45, 2.75) is 19.8 Å². The lowest BCUT2D eigenvalue weighted by Gasteiger charge is -2.26. The fourth-order valence-electron chi connectivity index (χ4n) is 1.27. The van der Waals surface area contributed by atoms with Gasteiger partial charge < -0.3 is 4.90 Å². The quantitative estimate of drug-likeness (QED) is 0.554. The summed E-state index contributed by atoms with van der Waals surface area (Å²) in [4.78, 5) is 13.2. The first-order valence-electron chi connectivity index (χ1n) is 3.88. The van der Waals surface area contributed by atoms with Crippen LogP contribution in [0.4, 0.5) is 0 Å². The molecule has 2 nitrogen and oxygen atoms in total. The lowest BCUT2D eigenvalue weighted by molar-refractivity contribution is -0.128. The highest BCUT2D eigenvalue weighted by atomic mass is 35.5. The third-order valence-electron chi connectivity index (χ3n) is 1.95. The van der Waals surface area contributed by atoms with Crippen molar-refractivity contribution >= 4 is 17.5 Å². The predicted molar refractivity (Wildman–Crippen MR) is 45.4 cm³/mol. The molecular weight excluding hydrogens is 162 g/mol. The molecule has 0 aromatic heterocycles. The fourth-order valence-corrected chi connectivity index (χ4v) is 1.48. The van der Waals surface area contributed by atoms with Crippen molar-refractivity contribution in [2.75, 3.05) is 13.1 Å². The number of rotatable bonds is 1. The van der Waals surface area contributed by atoms with Crippen molar-refractivity contribution in [1.82, 2.24) is 4.90 Å². The van der Waals surface area contributed by atoms with E-state index in [4.69, 9.17) is 11.6 Å². The zero-order chi connectivity index (χ0) is 8.27. The van der Waals surface area contributed by atoms with Gasteiger partial charge in [0.2, 0.25) is 0 Å². The SMILES string of the molecule is CCN1CCCC(=CCl)C1=O. The van der Waals surface area contributed by atoms with E-state index in [0.717, 1.165) is 31.5 Å².